The molecule has 0 fully saturated rings. The van der Waals surface area contributed by atoms with E-state index in [4.69, 9.17) is 0 Å². The highest BCUT2D eigenvalue weighted by atomic mass is 15.3. The first-order valence-electron chi connectivity index (χ1n) is 4.49. The molecule has 1 aromatic heterocycles. The molecule has 1 aromatic rings. The van der Waals surface area contributed by atoms with Crippen LogP contribution in [0.5, 0.6) is 0 Å². The van der Waals surface area contributed by atoms with Gasteiger partial charge in [-0.3, -0.25) is 4.68 Å². The van der Waals surface area contributed by atoms with E-state index >= 15 is 0 Å². The molecule has 13 heavy (non-hydrogen) atoms. The van der Waals surface area contributed by atoms with Crippen molar-refractivity contribution in [3.63, 3.8) is 0 Å². The fraction of sp³-hybridized carbons (Fsp3) is 0.500. The predicted molar refractivity (Wildman–Crippen MR) is 53.1 cm³/mol. The summed E-state index contributed by atoms with van der Waals surface area (Å²) in [6, 6.07) is 2.02. The van der Waals surface area contributed by atoms with E-state index in [1.54, 1.807) is 0 Å². The van der Waals surface area contributed by atoms with Crippen LogP contribution in [0.4, 0.5) is 0 Å². The minimum Gasteiger partial charge on any atom is -0.301 e. The van der Waals surface area contributed by atoms with Crippen LogP contribution in [0.1, 0.15) is 19.5 Å². The lowest BCUT2D eigenvalue weighted by Gasteiger charge is -2.03. The lowest BCUT2D eigenvalue weighted by Crippen LogP contribution is -2.16. The van der Waals surface area contributed by atoms with Gasteiger partial charge in [-0.2, -0.15) is 5.10 Å². The molecule has 3 nitrogen and oxygen atoms in total. The van der Waals surface area contributed by atoms with Crippen molar-refractivity contribution in [3.8, 4) is 11.8 Å². The van der Waals surface area contributed by atoms with Crippen LogP contribution in [0.2, 0.25) is 0 Å². The normalized spacial score (nSPS) is 9.38. The Morgan fingerprint density at radius 3 is 3.15 bits per heavy atom. The molecule has 1 N–H and O–H groups in total. The first-order chi connectivity index (χ1) is 6.38. The highest BCUT2D eigenvalue weighted by molar-refractivity contribution is 5.02. The molecule has 0 spiro atoms. The molecule has 3 heteroatoms. The Balaban J connectivity index is 2.38. The number of hydrogen-bond acceptors (Lipinski definition) is 2. The highest BCUT2D eigenvalue weighted by Crippen LogP contribution is 1.97. The van der Waals surface area contributed by atoms with E-state index in [0.29, 0.717) is 0 Å². The fourth-order valence-electron chi connectivity index (χ4n) is 1.14. The van der Waals surface area contributed by atoms with Crippen molar-refractivity contribution in [1.82, 2.24) is 15.1 Å². The molecular formula is C10H15N3. The van der Waals surface area contributed by atoms with E-state index in [1.807, 2.05) is 23.9 Å². The molecule has 1 rings (SSSR count). The fourth-order valence-corrected chi connectivity index (χ4v) is 1.14. The molecular weight excluding hydrogens is 162 g/mol. The van der Waals surface area contributed by atoms with Gasteiger partial charge in [-0.1, -0.05) is 5.92 Å². The molecule has 0 unspecified atom stereocenters. The van der Waals surface area contributed by atoms with Gasteiger partial charge < -0.3 is 5.32 Å². The third kappa shape index (κ3) is 2.92. The second kappa shape index (κ2) is 5.39. The second-order valence-corrected chi connectivity index (χ2v) is 2.67. The van der Waals surface area contributed by atoms with E-state index in [9.17, 15) is 0 Å². The van der Waals surface area contributed by atoms with E-state index in [1.165, 1.54) is 5.69 Å². The minimum absolute atomic E-state index is 0.741. The van der Waals surface area contributed by atoms with Crippen LogP contribution in [0.15, 0.2) is 12.3 Å². The summed E-state index contributed by atoms with van der Waals surface area (Å²) < 4.78 is 1.98. The Kier molecular flexibility index (Phi) is 4.07. The van der Waals surface area contributed by atoms with Crippen molar-refractivity contribution < 1.29 is 0 Å². The smallest absolute Gasteiger partial charge is 0.0579 e. The molecule has 0 aromatic carbocycles. The number of nitrogens with one attached hydrogen (secondary N) is 1. The first kappa shape index (κ1) is 9.82. The van der Waals surface area contributed by atoms with Gasteiger partial charge in [-0.15, -0.1) is 5.92 Å². The van der Waals surface area contributed by atoms with Gasteiger partial charge in [-0.25, -0.2) is 0 Å². The lowest BCUT2D eigenvalue weighted by atomic mass is 10.4. The Labute approximate surface area is 79.1 Å². The Hall–Kier alpha value is -1.27. The van der Waals surface area contributed by atoms with Crippen LogP contribution in [0, 0.1) is 11.8 Å². The molecule has 0 aliphatic rings. The third-order valence-corrected chi connectivity index (χ3v) is 1.80. The lowest BCUT2D eigenvalue weighted by molar-refractivity contribution is 0.597. The van der Waals surface area contributed by atoms with Crippen LogP contribution >= 0.6 is 0 Å². The van der Waals surface area contributed by atoms with Crippen LogP contribution in [0.25, 0.3) is 0 Å². The highest BCUT2D eigenvalue weighted by Gasteiger charge is 1.97. The van der Waals surface area contributed by atoms with E-state index in [-0.39, 0.29) is 0 Å². The summed E-state index contributed by atoms with van der Waals surface area (Å²) >= 11 is 0. The Bertz CT molecular complexity index is 303. The standard InChI is InChI=1S/C10H15N3/c1-3-5-7-11-9-10-6-8-12-13(10)4-2/h6,8,11H,4,7,9H2,1-2H3. The van der Waals surface area contributed by atoms with Crippen LogP contribution in [-0.2, 0) is 13.1 Å². The van der Waals surface area contributed by atoms with E-state index in [0.717, 1.165) is 19.6 Å². The molecule has 0 saturated carbocycles. The zero-order valence-corrected chi connectivity index (χ0v) is 8.17. The summed E-state index contributed by atoms with van der Waals surface area (Å²) in [6.45, 7) is 6.43. The van der Waals surface area contributed by atoms with E-state index in [2.05, 4.69) is 29.2 Å². The summed E-state index contributed by atoms with van der Waals surface area (Å²) in [4.78, 5) is 0. The summed E-state index contributed by atoms with van der Waals surface area (Å²) in [5.41, 5.74) is 1.21. The zero-order chi connectivity index (χ0) is 9.52. The van der Waals surface area contributed by atoms with Crippen LogP contribution < -0.4 is 5.32 Å². The zero-order valence-electron chi connectivity index (χ0n) is 8.17. The molecule has 0 saturated heterocycles. The summed E-state index contributed by atoms with van der Waals surface area (Å²) in [5.74, 6) is 5.80. The maximum absolute atomic E-state index is 4.17. The molecule has 0 radical (unpaired) electrons. The minimum atomic E-state index is 0.741. The average Bonchev–Trinajstić information content (AvgIpc) is 2.60. The summed E-state index contributed by atoms with van der Waals surface area (Å²) in [7, 11) is 0. The molecule has 0 aliphatic heterocycles. The number of rotatable bonds is 4. The quantitative estimate of drug-likeness (QED) is 0.549. The van der Waals surface area contributed by atoms with Gasteiger partial charge in [0, 0.05) is 19.3 Å². The van der Waals surface area contributed by atoms with Gasteiger partial charge in [0.05, 0.1) is 12.2 Å². The topological polar surface area (TPSA) is 29.9 Å². The number of hydrogen-bond donors (Lipinski definition) is 1. The van der Waals surface area contributed by atoms with Gasteiger partial charge in [0.1, 0.15) is 0 Å². The molecule has 1 heterocycles. The van der Waals surface area contributed by atoms with Crippen molar-refractivity contribution in [2.45, 2.75) is 26.9 Å². The van der Waals surface area contributed by atoms with Gasteiger partial charge in [0.25, 0.3) is 0 Å². The second-order valence-electron chi connectivity index (χ2n) is 2.67. The van der Waals surface area contributed by atoms with Crippen molar-refractivity contribution in [1.29, 1.82) is 0 Å². The van der Waals surface area contributed by atoms with Gasteiger partial charge >= 0.3 is 0 Å². The first-order valence-corrected chi connectivity index (χ1v) is 4.49. The number of nitrogens with zero attached hydrogens (tertiary/aromatic N) is 2. The van der Waals surface area contributed by atoms with Crippen LogP contribution in [-0.4, -0.2) is 16.3 Å². The van der Waals surface area contributed by atoms with Crippen molar-refractivity contribution >= 4 is 0 Å². The largest absolute Gasteiger partial charge is 0.301 e. The monoisotopic (exact) mass is 177 g/mol. The SMILES string of the molecule is CC#CCNCc1ccnn1CC. The third-order valence-electron chi connectivity index (χ3n) is 1.80. The Morgan fingerprint density at radius 2 is 2.46 bits per heavy atom. The van der Waals surface area contributed by atoms with Gasteiger partial charge in [0.2, 0.25) is 0 Å². The van der Waals surface area contributed by atoms with Crippen molar-refractivity contribution in [2.75, 3.05) is 6.54 Å². The van der Waals surface area contributed by atoms with Crippen molar-refractivity contribution in [3.05, 3.63) is 18.0 Å². The number of aromatic nitrogens is 2. The maximum Gasteiger partial charge on any atom is 0.0579 e. The van der Waals surface area contributed by atoms with E-state index < -0.39 is 0 Å². The predicted octanol–water partition coefficient (Wildman–Crippen LogP) is 1.02. The maximum atomic E-state index is 4.17. The van der Waals surface area contributed by atoms with Crippen LogP contribution in [0.3, 0.4) is 0 Å². The molecule has 70 valence electrons. The number of aryl methyl sites for hydroxylation is 1. The molecule has 0 aliphatic carbocycles. The van der Waals surface area contributed by atoms with Gasteiger partial charge in [-0.05, 0) is 19.9 Å². The molecule has 0 bridgehead atoms. The summed E-state index contributed by atoms with van der Waals surface area (Å²) in [6.07, 6.45) is 1.83. The molecule has 0 atom stereocenters. The molecule has 0 amide bonds. The summed E-state index contributed by atoms with van der Waals surface area (Å²) in [5, 5.41) is 7.40. The average molecular weight is 177 g/mol. The van der Waals surface area contributed by atoms with Crippen molar-refractivity contribution in [2.24, 2.45) is 0 Å². The Morgan fingerprint density at radius 1 is 1.62 bits per heavy atom. The van der Waals surface area contributed by atoms with Gasteiger partial charge in [0.15, 0.2) is 0 Å².